The first-order valence-electron chi connectivity index (χ1n) is 6.00. The zero-order chi connectivity index (χ0) is 14.9. The van der Waals surface area contributed by atoms with Crippen LogP contribution in [0.15, 0.2) is 30.5 Å². The van der Waals surface area contributed by atoms with Crippen molar-refractivity contribution in [3.63, 3.8) is 0 Å². The fourth-order valence-electron chi connectivity index (χ4n) is 1.98. The van der Waals surface area contributed by atoms with Gasteiger partial charge in [0.1, 0.15) is 0 Å². The second-order valence-corrected chi connectivity index (χ2v) is 4.62. The number of benzene rings is 1. The van der Waals surface area contributed by atoms with Gasteiger partial charge in [-0.2, -0.15) is 23.5 Å². The Labute approximate surface area is 114 Å². The number of hydrogen-bond acceptors (Lipinski definition) is 2. The first-order chi connectivity index (χ1) is 9.34. The minimum atomic E-state index is -4.46. The van der Waals surface area contributed by atoms with Crippen LogP contribution in [-0.2, 0) is 6.18 Å². The van der Waals surface area contributed by atoms with Crippen LogP contribution in [0.5, 0.6) is 0 Å². The van der Waals surface area contributed by atoms with Gasteiger partial charge >= 0.3 is 6.18 Å². The molecule has 0 aliphatic carbocycles. The standard InChI is InChI=1S/C14H12F3N3/c1-9(2)20-13(5-6-19-20)12-4-3-11(14(15,16)17)7-10(12)8-18/h3-7,9H,1-2H3. The highest BCUT2D eigenvalue weighted by atomic mass is 19.4. The maximum atomic E-state index is 12.7. The summed E-state index contributed by atoms with van der Waals surface area (Å²) < 4.78 is 39.6. The van der Waals surface area contributed by atoms with Crippen molar-refractivity contribution in [1.82, 2.24) is 9.78 Å². The van der Waals surface area contributed by atoms with Crippen molar-refractivity contribution in [1.29, 1.82) is 5.26 Å². The van der Waals surface area contributed by atoms with Gasteiger partial charge in [-0.3, -0.25) is 4.68 Å². The van der Waals surface area contributed by atoms with E-state index in [9.17, 15) is 13.2 Å². The summed E-state index contributed by atoms with van der Waals surface area (Å²) >= 11 is 0. The van der Waals surface area contributed by atoms with E-state index < -0.39 is 11.7 Å². The van der Waals surface area contributed by atoms with Crippen molar-refractivity contribution in [3.05, 3.63) is 41.6 Å². The number of hydrogen-bond donors (Lipinski definition) is 0. The summed E-state index contributed by atoms with van der Waals surface area (Å²) in [7, 11) is 0. The van der Waals surface area contributed by atoms with Crippen molar-refractivity contribution >= 4 is 0 Å². The molecule has 3 nitrogen and oxygen atoms in total. The van der Waals surface area contributed by atoms with E-state index in [0.717, 1.165) is 12.1 Å². The molecule has 0 radical (unpaired) electrons. The first-order valence-corrected chi connectivity index (χ1v) is 6.00. The van der Waals surface area contributed by atoms with Gasteiger partial charge in [0.2, 0.25) is 0 Å². The van der Waals surface area contributed by atoms with Crippen molar-refractivity contribution in [2.24, 2.45) is 0 Å². The topological polar surface area (TPSA) is 41.6 Å². The summed E-state index contributed by atoms with van der Waals surface area (Å²) in [5, 5.41) is 13.2. The molecule has 0 amide bonds. The molecule has 104 valence electrons. The second kappa shape index (κ2) is 5.00. The van der Waals surface area contributed by atoms with Gasteiger partial charge in [0.25, 0.3) is 0 Å². The molecule has 0 unspecified atom stereocenters. The molecule has 0 aliphatic rings. The van der Waals surface area contributed by atoms with Crippen molar-refractivity contribution < 1.29 is 13.2 Å². The normalized spacial score (nSPS) is 11.7. The molecule has 0 saturated heterocycles. The molecular weight excluding hydrogens is 267 g/mol. The molecule has 0 atom stereocenters. The summed E-state index contributed by atoms with van der Waals surface area (Å²) in [5.41, 5.74) is 0.243. The fraction of sp³-hybridized carbons (Fsp3) is 0.286. The molecule has 0 saturated carbocycles. The van der Waals surface area contributed by atoms with Crippen LogP contribution < -0.4 is 0 Å². The smallest absolute Gasteiger partial charge is 0.262 e. The second-order valence-electron chi connectivity index (χ2n) is 4.62. The van der Waals surface area contributed by atoms with Crippen LogP contribution in [0, 0.1) is 11.3 Å². The number of alkyl halides is 3. The summed E-state index contributed by atoms with van der Waals surface area (Å²) in [5.74, 6) is 0. The summed E-state index contributed by atoms with van der Waals surface area (Å²) in [6, 6.07) is 6.72. The van der Waals surface area contributed by atoms with Gasteiger partial charge in [-0.1, -0.05) is 6.07 Å². The highest BCUT2D eigenvalue weighted by Crippen LogP contribution is 2.33. The third kappa shape index (κ3) is 2.52. The van der Waals surface area contributed by atoms with Crippen LogP contribution in [0.2, 0.25) is 0 Å². The van der Waals surface area contributed by atoms with Gasteiger partial charge in [0.05, 0.1) is 22.9 Å². The zero-order valence-electron chi connectivity index (χ0n) is 10.9. The molecule has 2 rings (SSSR count). The van der Waals surface area contributed by atoms with E-state index >= 15 is 0 Å². The molecule has 0 bridgehead atoms. The van der Waals surface area contributed by atoms with Gasteiger partial charge in [0.15, 0.2) is 0 Å². The minimum Gasteiger partial charge on any atom is -0.262 e. The Morgan fingerprint density at radius 2 is 1.95 bits per heavy atom. The van der Waals surface area contributed by atoms with Crippen LogP contribution in [-0.4, -0.2) is 9.78 Å². The lowest BCUT2D eigenvalue weighted by Gasteiger charge is -2.13. The zero-order valence-corrected chi connectivity index (χ0v) is 10.9. The number of aromatic nitrogens is 2. The van der Waals surface area contributed by atoms with E-state index in [-0.39, 0.29) is 11.6 Å². The van der Waals surface area contributed by atoms with Crippen molar-refractivity contribution in [2.75, 3.05) is 0 Å². The monoisotopic (exact) mass is 279 g/mol. The summed E-state index contributed by atoms with van der Waals surface area (Å²) in [4.78, 5) is 0. The molecule has 0 fully saturated rings. The molecular formula is C14H12F3N3. The highest BCUT2D eigenvalue weighted by molar-refractivity contribution is 5.68. The van der Waals surface area contributed by atoms with E-state index in [1.807, 2.05) is 19.9 Å². The Hall–Kier alpha value is -2.29. The molecule has 0 aliphatic heterocycles. The predicted octanol–water partition coefficient (Wildman–Crippen LogP) is 4.02. The van der Waals surface area contributed by atoms with Gasteiger partial charge in [-0.25, -0.2) is 0 Å². The first kappa shape index (κ1) is 14.1. The van der Waals surface area contributed by atoms with E-state index in [1.165, 1.54) is 6.07 Å². The Balaban J connectivity index is 2.59. The molecule has 1 aromatic carbocycles. The summed E-state index contributed by atoms with van der Waals surface area (Å²) in [6.07, 6.45) is -2.89. The molecule has 20 heavy (non-hydrogen) atoms. The molecule has 0 spiro atoms. The lowest BCUT2D eigenvalue weighted by Crippen LogP contribution is -2.07. The quantitative estimate of drug-likeness (QED) is 0.833. The third-order valence-corrected chi connectivity index (χ3v) is 2.90. The molecule has 6 heteroatoms. The van der Waals surface area contributed by atoms with Gasteiger partial charge < -0.3 is 0 Å². The van der Waals surface area contributed by atoms with Crippen LogP contribution in [0.25, 0.3) is 11.3 Å². The molecule has 2 aromatic rings. The van der Waals surface area contributed by atoms with Gasteiger partial charge in [-0.05, 0) is 32.0 Å². The van der Waals surface area contributed by atoms with Crippen molar-refractivity contribution in [3.8, 4) is 17.3 Å². The molecule has 1 heterocycles. The number of nitriles is 1. The van der Waals surface area contributed by atoms with Crippen LogP contribution in [0.4, 0.5) is 13.2 Å². The Kier molecular flexibility index (Phi) is 3.53. The lowest BCUT2D eigenvalue weighted by molar-refractivity contribution is -0.137. The maximum Gasteiger partial charge on any atom is 0.416 e. The molecule has 0 N–H and O–H groups in total. The third-order valence-electron chi connectivity index (χ3n) is 2.90. The van der Waals surface area contributed by atoms with Crippen molar-refractivity contribution in [2.45, 2.75) is 26.1 Å². The maximum absolute atomic E-state index is 12.7. The average Bonchev–Trinajstić information content (AvgIpc) is 2.86. The van der Waals surface area contributed by atoms with Crippen LogP contribution in [0.1, 0.15) is 31.0 Å². The van der Waals surface area contributed by atoms with Crippen LogP contribution >= 0.6 is 0 Å². The Morgan fingerprint density at radius 3 is 2.50 bits per heavy atom. The average molecular weight is 279 g/mol. The van der Waals surface area contributed by atoms with Gasteiger partial charge in [-0.15, -0.1) is 0 Å². The lowest BCUT2D eigenvalue weighted by atomic mass is 10.0. The van der Waals surface area contributed by atoms with E-state index in [4.69, 9.17) is 5.26 Å². The Bertz CT molecular complexity index is 663. The largest absolute Gasteiger partial charge is 0.416 e. The number of rotatable bonds is 2. The van der Waals surface area contributed by atoms with E-state index in [1.54, 1.807) is 16.9 Å². The predicted molar refractivity (Wildman–Crippen MR) is 67.8 cm³/mol. The number of nitrogens with zero attached hydrogens (tertiary/aromatic N) is 3. The van der Waals surface area contributed by atoms with E-state index in [0.29, 0.717) is 11.3 Å². The van der Waals surface area contributed by atoms with E-state index in [2.05, 4.69) is 5.10 Å². The molecule has 1 aromatic heterocycles. The van der Waals surface area contributed by atoms with Crippen LogP contribution in [0.3, 0.4) is 0 Å². The summed E-state index contributed by atoms with van der Waals surface area (Å²) in [6.45, 7) is 3.82. The Morgan fingerprint density at radius 1 is 1.25 bits per heavy atom. The van der Waals surface area contributed by atoms with Gasteiger partial charge in [0, 0.05) is 17.8 Å². The highest BCUT2D eigenvalue weighted by Gasteiger charge is 2.31. The SMILES string of the molecule is CC(C)n1nccc1-c1ccc(C(F)(F)F)cc1C#N. The fourth-order valence-corrected chi connectivity index (χ4v) is 1.98. The minimum absolute atomic E-state index is 0.0118. The number of halogens is 3.